The second-order valence-corrected chi connectivity index (χ2v) is 7.53. The second-order valence-electron chi connectivity index (χ2n) is 6.63. The van der Waals surface area contributed by atoms with E-state index in [2.05, 4.69) is 9.83 Å². The van der Waals surface area contributed by atoms with Crippen LogP contribution in [0.15, 0.2) is 40.6 Å². The van der Waals surface area contributed by atoms with Crippen LogP contribution in [0.3, 0.4) is 0 Å². The minimum absolute atomic E-state index is 0.0904. The Kier molecular flexibility index (Phi) is 5.52. The molecule has 0 spiro atoms. The van der Waals surface area contributed by atoms with E-state index >= 15 is 0 Å². The molecule has 1 aromatic carbocycles. The molecule has 2 heterocycles. The summed E-state index contributed by atoms with van der Waals surface area (Å²) >= 11 is 0.982. The van der Waals surface area contributed by atoms with E-state index in [1.54, 1.807) is 19.1 Å². The number of benzene rings is 1. The third kappa shape index (κ3) is 3.73. The van der Waals surface area contributed by atoms with Crippen molar-refractivity contribution in [2.75, 3.05) is 0 Å². The molecular weight excluding hydrogens is 425 g/mol. The summed E-state index contributed by atoms with van der Waals surface area (Å²) in [5.41, 5.74) is -1.93. The van der Waals surface area contributed by atoms with E-state index in [0.717, 1.165) is 27.0 Å². The molecule has 0 N–H and O–H groups in total. The van der Waals surface area contributed by atoms with Crippen molar-refractivity contribution in [1.82, 2.24) is 9.55 Å². The number of rotatable bonds is 4. The number of halogens is 5. The molecule has 0 atom stereocenters. The Bertz CT molecular complexity index is 1190. The summed E-state index contributed by atoms with van der Waals surface area (Å²) in [6, 6.07) is 5.92. The third-order valence-corrected chi connectivity index (χ3v) is 5.35. The lowest BCUT2D eigenvalue weighted by molar-refractivity contribution is -0.289. The zero-order chi connectivity index (χ0) is 22.3. The highest BCUT2D eigenvalue weighted by Gasteiger charge is 2.60. The van der Waals surface area contributed by atoms with Crippen LogP contribution in [0.5, 0.6) is 0 Å². The monoisotopic (exact) mass is 439 g/mol. The van der Waals surface area contributed by atoms with Gasteiger partial charge in [0.2, 0.25) is 0 Å². The van der Waals surface area contributed by atoms with E-state index in [1.165, 1.54) is 11.6 Å². The van der Waals surface area contributed by atoms with E-state index < -0.39 is 28.9 Å². The first-order chi connectivity index (χ1) is 14.0. The molecule has 156 valence electrons. The van der Waals surface area contributed by atoms with Crippen LogP contribution in [0.4, 0.5) is 27.6 Å². The van der Waals surface area contributed by atoms with Crippen molar-refractivity contribution in [3.05, 3.63) is 79.9 Å². The molecule has 10 heteroatoms. The number of aryl methyl sites for hydroxylation is 2. The lowest BCUT2D eigenvalue weighted by Crippen LogP contribution is -2.36. The highest BCUT2D eigenvalue weighted by Crippen LogP contribution is 2.47. The molecule has 0 saturated heterocycles. The van der Waals surface area contributed by atoms with Gasteiger partial charge in [0, 0.05) is 17.1 Å². The summed E-state index contributed by atoms with van der Waals surface area (Å²) in [7, 11) is 0. The maximum atomic E-state index is 14.1. The van der Waals surface area contributed by atoms with Crippen molar-refractivity contribution in [2.45, 2.75) is 32.5 Å². The zero-order valence-corrected chi connectivity index (χ0v) is 16.5. The second kappa shape index (κ2) is 7.65. The van der Waals surface area contributed by atoms with Crippen molar-refractivity contribution < 1.29 is 22.0 Å². The average Bonchev–Trinajstić information content (AvgIpc) is 3.18. The predicted molar refractivity (Wildman–Crippen MR) is 103 cm³/mol. The summed E-state index contributed by atoms with van der Waals surface area (Å²) < 4.78 is 68.3. The van der Waals surface area contributed by atoms with Crippen molar-refractivity contribution in [1.29, 1.82) is 0 Å². The molecule has 0 aliphatic carbocycles. The van der Waals surface area contributed by atoms with Crippen LogP contribution >= 0.6 is 11.3 Å². The molecule has 0 aliphatic rings. The van der Waals surface area contributed by atoms with Crippen molar-refractivity contribution in [3.8, 4) is 10.7 Å². The molecule has 2 aromatic heterocycles. The van der Waals surface area contributed by atoms with Gasteiger partial charge in [0.15, 0.2) is 0 Å². The summed E-state index contributed by atoms with van der Waals surface area (Å²) in [4.78, 5) is 19.6. The molecule has 3 rings (SSSR count). The molecule has 0 unspecified atom stereocenters. The van der Waals surface area contributed by atoms with Crippen LogP contribution in [0, 0.1) is 20.4 Å². The van der Waals surface area contributed by atoms with Crippen molar-refractivity contribution in [2.24, 2.45) is 0 Å². The van der Waals surface area contributed by atoms with E-state index in [4.69, 9.17) is 6.57 Å². The van der Waals surface area contributed by atoms with Gasteiger partial charge in [0.1, 0.15) is 5.01 Å². The molecule has 0 fully saturated rings. The third-order valence-electron chi connectivity index (χ3n) is 4.56. The van der Waals surface area contributed by atoms with Gasteiger partial charge in [-0.2, -0.15) is 22.0 Å². The summed E-state index contributed by atoms with van der Waals surface area (Å²) in [6.45, 7) is 10.6. The lowest BCUT2D eigenvalue weighted by Gasteiger charge is -2.23. The number of hydrogen-bond donors (Lipinski definition) is 0. The molecule has 3 aromatic rings. The van der Waals surface area contributed by atoms with Gasteiger partial charge in [-0.25, -0.2) is 9.83 Å². The van der Waals surface area contributed by atoms with Gasteiger partial charge in [0.25, 0.3) is 11.2 Å². The van der Waals surface area contributed by atoms with Gasteiger partial charge >= 0.3 is 12.1 Å². The number of nitrogens with zero attached hydrogens (tertiary/aromatic N) is 3. The van der Waals surface area contributed by atoms with Crippen LogP contribution in [0.2, 0.25) is 0 Å². The van der Waals surface area contributed by atoms with E-state index in [-0.39, 0.29) is 17.2 Å². The molecule has 0 amide bonds. The zero-order valence-electron chi connectivity index (χ0n) is 15.7. The fourth-order valence-corrected chi connectivity index (χ4v) is 3.68. The maximum Gasteiger partial charge on any atom is 0.456 e. The number of pyridine rings is 1. The Morgan fingerprint density at radius 2 is 1.87 bits per heavy atom. The number of alkyl halides is 5. The maximum absolute atomic E-state index is 14.1. The molecule has 0 bridgehead atoms. The quantitative estimate of drug-likeness (QED) is 0.378. The van der Waals surface area contributed by atoms with Crippen LogP contribution in [-0.4, -0.2) is 15.7 Å². The molecule has 0 saturated carbocycles. The fraction of sp³-hybridized carbons (Fsp3) is 0.250. The van der Waals surface area contributed by atoms with Crippen molar-refractivity contribution in [3.63, 3.8) is 0 Å². The highest BCUT2D eigenvalue weighted by atomic mass is 32.1. The minimum atomic E-state index is -5.96. The Morgan fingerprint density at radius 1 is 1.17 bits per heavy atom. The minimum Gasteiger partial charge on any atom is -0.311 e. The Morgan fingerprint density at radius 3 is 2.40 bits per heavy atom. The standard InChI is InChI=1S/C20H14F5N3OS/c1-11-4-5-13(12(2)8-11)10-28-15(17-27-6-7-30-17)9-14(16(26-3)18(28)29)19(21,22)20(23,24)25/h4-9H,10H2,1-2H3. The first-order valence-electron chi connectivity index (χ1n) is 8.53. The van der Waals surface area contributed by atoms with Crippen LogP contribution in [0.1, 0.15) is 22.3 Å². The first-order valence-corrected chi connectivity index (χ1v) is 9.41. The molecular formula is C20H14F5N3OS. The number of thiazole rings is 1. The van der Waals surface area contributed by atoms with Gasteiger partial charge < -0.3 is 4.57 Å². The van der Waals surface area contributed by atoms with Gasteiger partial charge in [-0.1, -0.05) is 23.8 Å². The van der Waals surface area contributed by atoms with E-state index in [0.29, 0.717) is 11.6 Å². The van der Waals surface area contributed by atoms with Crippen molar-refractivity contribution >= 4 is 17.0 Å². The van der Waals surface area contributed by atoms with Crippen LogP contribution in [0.25, 0.3) is 15.5 Å². The Labute approximate surface area is 172 Å². The van der Waals surface area contributed by atoms with Crippen LogP contribution < -0.4 is 5.56 Å². The summed E-state index contributed by atoms with van der Waals surface area (Å²) in [6.07, 6.45) is -4.62. The smallest absolute Gasteiger partial charge is 0.311 e. The molecule has 0 radical (unpaired) electrons. The Hall–Kier alpha value is -3.06. The molecule has 0 aliphatic heterocycles. The summed E-state index contributed by atoms with van der Waals surface area (Å²) in [5, 5.41) is 1.60. The van der Waals surface area contributed by atoms with Crippen LogP contribution in [-0.2, 0) is 12.5 Å². The number of hydrogen-bond acceptors (Lipinski definition) is 3. The van der Waals surface area contributed by atoms with Gasteiger partial charge in [-0.05, 0) is 31.0 Å². The largest absolute Gasteiger partial charge is 0.456 e. The van der Waals surface area contributed by atoms with Gasteiger partial charge in [0.05, 0.1) is 18.8 Å². The predicted octanol–water partition coefficient (Wildman–Crippen LogP) is 5.84. The SMILES string of the molecule is [C-]#[N+]c1c(C(F)(F)C(F)(F)F)cc(-c2nccs2)n(Cc2ccc(C)cc2C)c1=O. The van der Waals surface area contributed by atoms with E-state index in [1.807, 2.05) is 13.0 Å². The highest BCUT2D eigenvalue weighted by molar-refractivity contribution is 7.13. The van der Waals surface area contributed by atoms with E-state index in [9.17, 15) is 26.7 Å². The molecule has 4 nitrogen and oxygen atoms in total. The van der Waals surface area contributed by atoms with Gasteiger partial charge in [-0.3, -0.25) is 4.79 Å². The normalized spacial score (nSPS) is 12.1. The fourth-order valence-electron chi connectivity index (χ4n) is 3.01. The van der Waals surface area contributed by atoms with Gasteiger partial charge in [-0.15, -0.1) is 11.3 Å². The number of aromatic nitrogens is 2. The topological polar surface area (TPSA) is 39.2 Å². The Balaban J connectivity index is 2.32. The molecule has 30 heavy (non-hydrogen) atoms. The average molecular weight is 439 g/mol. The summed E-state index contributed by atoms with van der Waals surface area (Å²) in [5.74, 6) is -5.36. The lowest BCUT2D eigenvalue weighted by atomic mass is 10.0. The first kappa shape index (κ1) is 21.6.